The Hall–Kier alpha value is -2.72. The van der Waals surface area contributed by atoms with Crippen LogP contribution in [0.2, 0.25) is 0 Å². The van der Waals surface area contributed by atoms with Crippen molar-refractivity contribution in [1.29, 1.82) is 0 Å². The van der Waals surface area contributed by atoms with Crippen molar-refractivity contribution >= 4 is 27.1 Å². The number of H-pyrrole nitrogens is 1. The predicted octanol–water partition coefficient (Wildman–Crippen LogP) is 1.17. The number of hydrogen-bond donors (Lipinski definition) is 4. The fourth-order valence-corrected chi connectivity index (χ4v) is 1.74. The number of phenolic OH excluding ortho intramolecular Hbond substituents is 1. The number of hydrogen-bond acceptors (Lipinski definition) is 7. The van der Waals surface area contributed by atoms with Crippen molar-refractivity contribution in [2.45, 2.75) is 6.54 Å². The lowest BCUT2D eigenvalue weighted by molar-refractivity contribution is 0.469. The van der Waals surface area contributed by atoms with Gasteiger partial charge in [-0.15, -0.1) is 0 Å². The number of rotatable bonds is 3. The van der Waals surface area contributed by atoms with Gasteiger partial charge in [0.25, 0.3) is 10.1 Å². The second kappa shape index (κ2) is 7.03. The Balaban J connectivity index is 0.000000338. The van der Waals surface area contributed by atoms with Gasteiger partial charge in [0.15, 0.2) is 11.5 Å². The zero-order valence-corrected chi connectivity index (χ0v) is 12.9. The van der Waals surface area contributed by atoms with Gasteiger partial charge in [-0.05, 0) is 6.07 Å². The molecule has 0 aliphatic carbocycles. The van der Waals surface area contributed by atoms with E-state index in [0.29, 0.717) is 24.3 Å². The molecule has 9 nitrogen and oxygen atoms in total. The zero-order valence-electron chi connectivity index (χ0n) is 12.1. The molecule has 4 N–H and O–H groups in total. The average Bonchev–Trinajstić information content (AvgIpc) is 2.93. The summed E-state index contributed by atoms with van der Waals surface area (Å²) in [7, 11) is -3.67. The van der Waals surface area contributed by atoms with Crippen LogP contribution in [-0.4, -0.2) is 44.3 Å². The Morgan fingerprint density at radius 1 is 1.22 bits per heavy atom. The Morgan fingerprint density at radius 3 is 2.61 bits per heavy atom. The average molecular weight is 337 g/mol. The number of para-hydroxylation sites is 1. The topological polar surface area (TPSA) is 141 Å². The van der Waals surface area contributed by atoms with Crippen molar-refractivity contribution in [2.24, 2.45) is 0 Å². The number of imidazole rings is 1. The van der Waals surface area contributed by atoms with Gasteiger partial charge in [-0.2, -0.15) is 8.42 Å². The molecule has 0 unspecified atom stereocenters. The number of aromatic hydroxyl groups is 1. The van der Waals surface area contributed by atoms with Gasteiger partial charge < -0.3 is 15.4 Å². The van der Waals surface area contributed by atoms with E-state index in [1.807, 2.05) is 12.1 Å². The van der Waals surface area contributed by atoms with Crippen LogP contribution in [0.15, 0.2) is 36.9 Å². The largest absolute Gasteiger partial charge is 0.508 e. The highest BCUT2D eigenvalue weighted by Crippen LogP contribution is 2.19. The van der Waals surface area contributed by atoms with Crippen molar-refractivity contribution < 1.29 is 18.1 Å². The molecule has 0 atom stereocenters. The predicted molar refractivity (Wildman–Crippen MR) is 84.6 cm³/mol. The van der Waals surface area contributed by atoms with E-state index in [0.717, 1.165) is 11.1 Å². The van der Waals surface area contributed by atoms with E-state index in [-0.39, 0.29) is 5.75 Å². The second-order valence-corrected chi connectivity index (χ2v) is 6.00. The van der Waals surface area contributed by atoms with Gasteiger partial charge in [0, 0.05) is 12.1 Å². The maximum Gasteiger partial charge on any atom is 0.261 e. The van der Waals surface area contributed by atoms with Crippen LogP contribution in [-0.2, 0) is 16.7 Å². The van der Waals surface area contributed by atoms with Crippen molar-refractivity contribution in [3.63, 3.8) is 0 Å². The van der Waals surface area contributed by atoms with Crippen LogP contribution in [0.4, 0.5) is 5.82 Å². The Kier molecular flexibility index (Phi) is 5.09. The third-order valence-electron chi connectivity index (χ3n) is 2.66. The van der Waals surface area contributed by atoms with Gasteiger partial charge in [-0.25, -0.2) is 15.0 Å². The Bertz CT molecular complexity index is 886. The van der Waals surface area contributed by atoms with Crippen LogP contribution in [0, 0.1) is 0 Å². The summed E-state index contributed by atoms with van der Waals surface area (Å²) >= 11 is 0. The van der Waals surface area contributed by atoms with Gasteiger partial charge in [-0.3, -0.25) is 4.55 Å². The van der Waals surface area contributed by atoms with Gasteiger partial charge in [0.1, 0.15) is 17.6 Å². The van der Waals surface area contributed by atoms with Gasteiger partial charge in [0.2, 0.25) is 0 Å². The van der Waals surface area contributed by atoms with E-state index in [2.05, 4.69) is 25.3 Å². The van der Waals surface area contributed by atoms with Crippen molar-refractivity contribution in [1.82, 2.24) is 19.9 Å². The number of fused-ring (bicyclic) bond motifs is 1. The van der Waals surface area contributed by atoms with E-state index < -0.39 is 10.1 Å². The summed E-state index contributed by atoms with van der Waals surface area (Å²) in [4.78, 5) is 15.2. The molecule has 0 bridgehead atoms. The molecule has 0 amide bonds. The summed E-state index contributed by atoms with van der Waals surface area (Å²) in [6.45, 7) is 0.484. The van der Waals surface area contributed by atoms with Crippen LogP contribution < -0.4 is 5.32 Å². The molecular formula is C13H15N5O4S. The molecule has 0 radical (unpaired) electrons. The molecule has 0 fully saturated rings. The summed E-state index contributed by atoms with van der Waals surface area (Å²) in [6.07, 6.45) is 3.74. The lowest BCUT2D eigenvalue weighted by Gasteiger charge is -2.07. The van der Waals surface area contributed by atoms with Crippen LogP contribution in [0.25, 0.3) is 11.2 Å². The third-order valence-corrected chi connectivity index (χ3v) is 2.66. The number of phenols is 1. The number of nitrogens with zero attached hydrogens (tertiary/aromatic N) is 3. The minimum absolute atomic E-state index is 0.264. The molecule has 0 saturated heterocycles. The fraction of sp³-hybridized carbons (Fsp3) is 0.154. The first-order valence-electron chi connectivity index (χ1n) is 6.42. The monoisotopic (exact) mass is 337 g/mol. The minimum Gasteiger partial charge on any atom is -0.508 e. The number of aromatic nitrogens is 4. The van der Waals surface area contributed by atoms with Crippen molar-refractivity contribution in [3.8, 4) is 5.75 Å². The summed E-state index contributed by atoms with van der Waals surface area (Å²) < 4.78 is 25.9. The maximum absolute atomic E-state index is 9.67. The number of nitrogens with one attached hydrogen (secondary N) is 2. The van der Waals surface area contributed by atoms with Crippen LogP contribution in [0.1, 0.15) is 5.56 Å². The molecular weight excluding hydrogens is 322 g/mol. The third kappa shape index (κ3) is 5.20. The lowest BCUT2D eigenvalue weighted by atomic mass is 10.2. The van der Waals surface area contributed by atoms with Crippen LogP contribution in [0.5, 0.6) is 5.75 Å². The van der Waals surface area contributed by atoms with E-state index >= 15 is 0 Å². The summed E-state index contributed by atoms with van der Waals surface area (Å²) in [5.41, 5.74) is 2.18. The van der Waals surface area contributed by atoms with E-state index in [1.54, 1.807) is 18.5 Å². The minimum atomic E-state index is -3.67. The standard InChI is InChI=1S/C12H11N5O.CH4O3S/c18-9-4-2-1-3-8(9)5-13-11-10-12(15-6-14-10)17-7-16-11;1-5(2,3)4/h1-4,6-7,18H,5H2,(H2,13,14,15,16,17);1H3,(H,2,3,4). The number of anilines is 1. The van der Waals surface area contributed by atoms with E-state index in [4.69, 9.17) is 4.55 Å². The summed E-state index contributed by atoms with van der Waals surface area (Å²) in [6, 6.07) is 7.18. The summed E-state index contributed by atoms with van der Waals surface area (Å²) in [5.74, 6) is 0.931. The van der Waals surface area contributed by atoms with Gasteiger partial charge >= 0.3 is 0 Å². The van der Waals surface area contributed by atoms with Crippen LogP contribution in [0.3, 0.4) is 0 Å². The molecule has 10 heteroatoms. The molecule has 122 valence electrons. The highest BCUT2D eigenvalue weighted by atomic mass is 32.2. The Morgan fingerprint density at radius 2 is 1.91 bits per heavy atom. The number of aromatic amines is 1. The SMILES string of the molecule is CS(=O)(=O)O.Oc1ccccc1CNc1ncnc2nc[nH]c12. The quantitative estimate of drug-likeness (QED) is 0.522. The van der Waals surface area contributed by atoms with Crippen molar-refractivity contribution in [3.05, 3.63) is 42.5 Å². The molecule has 2 aromatic heterocycles. The molecule has 2 heterocycles. The van der Waals surface area contributed by atoms with Gasteiger partial charge in [-0.1, -0.05) is 18.2 Å². The molecule has 3 aromatic rings. The smallest absolute Gasteiger partial charge is 0.261 e. The maximum atomic E-state index is 9.67. The summed E-state index contributed by atoms with van der Waals surface area (Å²) in [5, 5.41) is 12.8. The first-order chi connectivity index (χ1) is 10.8. The molecule has 0 saturated carbocycles. The highest BCUT2D eigenvalue weighted by Gasteiger charge is 2.06. The van der Waals surface area contributed by atoms with E-state index in [1.165, 1.54) is 6.33 Å². The van der Waals surface area contributed by atoms with Crippen molar-refractivity contribution in [2.75, 3.05) is 11.6 Å². The molecule has 23 heavy (non-hydrogen) atoms. The van der Waals surface area contributed by atoms with Crippen LogP contribution >= 0.6 is 0 Å². The van der Waals surface area contributed by atoms with E-state index in [9.17, 15) is 13.5 Å². The fourth-order valence-electron chi connectivity index (χ4n) is 1.74. The second-order valence-electron chi connectivity index (χ2n) is 4.54. The highest BCUT2D eigenvalue weighted by molar-refractivity contribution is 7.85. The molecule has 3 rings (SSSR count). The first-order valence-corrected chi connectivity index (χ1v) is 8.26. The first kappa shape index (κ1) is 16.6. The normalized spacial score (nSPS) is 10.9. The molecule has 0 aliphatic heterocycles. The Labute approximate surface area is 132 Å². The number of benzene rings is 1. The molecule has 1 aromatic carbocycles. The molecule has 0 spiro atoms. The lowest BCUT2D eigenvalue weighted by Crippen LogP contribution is -2.02. The molecule has 0 aliphatic rings. The zero-order chi connectivity index (χ0) is 16.9. The van der Waals surface area contributed by atoms with Gasteiger partial charge in [0.05, 0.1) is 12.6 Å².